The lowest BCUT2D eigenvalue weighted by atomic mass is 10.00. The van der Waals surface area contributed by atoms with E-state index in [0.717, 1.165) is 19.4 Å². The molecule has 0 aromatic heterocycles. The largest absolute Gasteiger partial charge is 0.310 e. The van der Waals surface area contributed by atoms with Crippen LogP contribution >= 0.6 is 0 Å². The van der Waals surface area contributed by atoms with E-state index in [9.17, 15) is 12.8 Å². The van der Waals surface area contributed by atoms with Crippen LogP contribution in [-0.4, -0.2) is 20.7 Å². The van der Waals surface area contributed by atoms with Gasteiger partial charge in [-0.25, -0.2) is 12.8 Å². The van der Waals surface area contributed by atoms with Gasteiger partial charge in [-0.3, -0.25) is 0 Å². The summed E-state index contributed by atoms with van der Waals surface area (Å²) in [4.78, 5) is 0.284. The van der Waals surface area contributed by atoms with Gasteiger partial charge in [-0.05, 0) is 42.6 Å². The first kappa shape index (κ1) is 15.4. The number of halogens is 1. The molecule has 1 aliphatic rings. The van der Waals surface area contributed by atoms with E-state index < -0.39 is 9.84 Å². The van der Waals surface area contributed by atoms with E-state index in [0.29, 0.717) is 17.9 Å². The van der Waals surface area contributed by atoms with E-state index in [1.54, 1.807) is 0 Å². The van der Waals surface area contributed by atoms with E-state index in [4.69, 9.17) is 0 Å². The number of sulfone groups is 1. The molecule has 1 heterocycles. The maximum atomic E-state index is 13.4. The summed E-state index contributed by atoms with van der Waals surface area (Å²) in [5.41, 5.74) is 0.585. The summed E-state index contributed by atoms with van der Waals surface area (Å²) in [5.74, 6) is 0.326. The maximum absolute atomic E-state index is 13.4. The van der Waals surface area contributed by atoms with E-state index in [1.807, 2.05) is 0 Å². The van der Waals surface area contributed by atoms with Gasteiger partial charge >= 0.3 is 0 Å². The van der Waals surface area contributed by atoms with Crippen LogP contribution in [0.15, 0.2) is 23.1 Å². The van der Waals surface area contributed by atoms with Gasteiger partial charge in [0.2, 0.25) is 0 Å². The van der Waals surface area contributed by atoms with Gasteiger partial charge in [0.15, 0.2) is 9.84 Å². The third-order valence-corrected chi connectivity index (χ3v) is 5.98. The van der Waals surface area contributed by atoms with Crippen LogP contribution in [0.1, 0.15) is 44.7 Å². The van der Waals surface area contributed by atoms with Gasteiger partial charge in [-0.2, -0.15) is 0 Å². The number of fused-ring (bicyclic) bond motifs is 1. The smallest absolute Gasteiger partial charge is 0.178 e. The average Bonchev–Trinajstić information content (AvgIpc) is 2.41. The van der Waals surface area contributed by atoms with Crippen LogP contribution in [0.3, 0.4) is 0 Å². The van der Waals surface area contributed by atoms with Crippen LogP contribution in [0, 0.1) is 11.7 Å². The molecule has 0 saturated carbocycles. The zero-order chi connectivity index (χ0) is 14.8. The highest BCUT2D eigenvalue weighted by atomic mass is 32.2. The monoisotopic (exact) mass is 299 g/mol. The second-order valence-electron chi connectivity index (χ2n) is 5.43. The number of benzene rings is 1. The van der Waals surface area contributed by atoms with Gasteiger partial charge in [0, 0.05) is 6.04 Å². The second kappa shape index (κ2) is 6.22. The Balaban J connectivity index is 2.23. The second-order valence-corrected chi connectivity index (χ2v) is 7.51. The molecule has 0 radical (unpaired) electrons. The predicted molar refractivity (Wildman–Crippen MR) is 77.9 cm³/mol. The van der Waals surface area contributed by atoms with Crippen molar-refractivity contribution in [3.63, 3.8) is 0 Å². The van der Waals surface area contributed by atoms with Crippen molar-refractivity contribution in [2.75, 3.05) is 12.3 Å². The third kappa shape index (κ3) is 3.20. The summed E-state index contributed by atoms with van der Waals surface area (Å²) >= 11 is 0. The molecule has 0 fully saturated rings. The minimum atomic E-state index is -3.25. The van der Waals surface area contributed by atoms with Gasteiger partial charge in [0.25, 0.3) is 0 Å². The third-order valence-electron chi connectivity index (χ3n) is 4.17. The molecule has 1 aromatic carbocycles. The fraction of sp³-hybridized carbons (Fsp3) is 0.600. The molecular formula is C15H22FNO2S. The van der Waals surface area contributed by atoms with Crippen LogP contribution in [0.4, 0.5) is 4.39 Å². The molecule has 1 unspecified atom stereocenters. The topological polar surface area (TPSA) is 46.2 Å². The molecule has 0 bridgehead atoms. The van der Waals surface area contributed by atoms with E-state index in [-0.39, 0.29) is 22.5 Å². The van der Waals surface area contributed by atoms with Gasteiger partial charge < -0.3 is 5.32 Å². The van der Waals surface area contributed by atoms with Crippen molar-refractivity contribution in [3.05, 3.63) is 29.6 Å². The van der Waals surface area contributed by atoms with Crippen LogP contribution in [0.25, 0.3) is 0 Å². The molecule has 1 aliphatic heterocycles. The van der Waals surface area contributed by atoms with E-state index in [1.165, 1.54) is 18.2 Å². The minimum absolute atomic E-state index is 0.0650. The first-order valence-corrected chi connectivity index (χ1v) is 8.88. The zero-order valence-electron chi connectivity index (χ0n) is 12.0. The van der Waals surface area contributed by atoms with Crippen molar-refractivity contribution in [2.45, 2.75) is 44.0 Å². The van der Waals surface area contributed by atoms with Gasteiger partial charge in [0.05, 0.1) is 10.6 Å². The highest BCUT2D eigenvalue weighted by Gasteiger charge is 2.30. The first-order chi connectivity index (χ1) is 9.47. The summed E-state index contributed by atoms with van der Waals surface area (Å²) in [5, 5.41) is 3.41. The van der Waals surface area contributed by atoms with Crippen molar-refractivity contribution in [3.8, 4) is 0 Å². The molecule has 5 heteroatoms. The molecular weight excluding hydrogens is 277 g/mol. The molecule has 112 valence electrons. The van der Waals surface area contributed by atoms with Crippen molar-refractivity contribution in [1.29, 1.82) is 0 Å². The Hall–Kier alpha value is -0.940. The van der Waals surface area contributed by atoms with Crippen molar-refractivity contribution in [1.82, 2.24) is 5.32 Å². The summed E-state index contributed by atoms with van der Waals surface area (Å²) in [7, 11) is -3.25. The fourth-order valence-electron chi connectivity index (χ4n) is 2.71. The molecule has 1 atom stereocenters. The predicted octanol–water partition coefficient (Wildman–Crippen LogP) is 3.07. The van der Waals surface area contributed by atoms with E-state index >= 15 is 0 Å². The number of hydrogen-bond donors (Lipinski definition) is 1. The Kier molecular flexibility index (Phi) is 4.81. The maximum Gasteiger partial charge on any atom is 0.178 e. The Morgan fingerprint density at radius 2 is 2.05 bits per heavy atom. The van der Waals surface area contributed by atoms with Crippen molar-refractivity contribution < 1.29 is 12.8 Å². The fourth-order valence-corrected chi connectivity index (χ4v) is 4.31. The molecule has 1 aromatic rings. The molecule has 0 spiro atoms. The van der Waals surface area contributed by atoms with Crippen molar-refractivity contribution >= 4 is 9.84 Å². The number of nitrogens with one attached hydrogen (secondary N) is 1. The average molecular weight is 299 g/mol. The Bertz CT molecular complexity index is 567. The molecule has 0 saturated heterocycles. The van der Waals surface area contributed by atoms with Gasteiger partial charge in [-0.15, -0.1) is 0 Å². The van der Waals surface area contributed by atoms with Crippen LogP contribution in [0.2, 0.25) is 0 Å². The SMILES string of the molecule is CCC(CC)CNC1CCS(=O)(=O)c2ccc(F)cc21. The summed E-state index contributed by atoms with van der Waals surface area (Å²) < 4.78 is 37.5. The molecule has 0 amide bonds. The first-order valence-electron chi connectivity index (χ1n) is 7.23. The number of rotatable bonds is 5. The lowest BCUT2D eigenvalue weighted by molar-refractivity contribution is 0.399. The molecule has 2 rings (SSSR count). The molecule has 0 aliphatic carbocycles. The Labute approximate surface area is 120 Å². The Morgan fingerprint density at radius 1 is 1.35 bits per heavy atom. The summed E-state index contributed by atoms with van der Waals surface area (Å²) in [6, 6.07) is 3.91. The van der Waals surface area contributed by atoms with E-state index in [2.05, 4.69) is 19.2 Å². The van der Waals surface area contributed by atoms with Crippen LogP contribution in [-0.2, 0) is 9.84 Å². The summed E-state index contributed by atoms with van der Waals surface area (Å²) in [6.07, 6.45) is 2.69. The lowest BCUT2D eigenvalue weighted by Gasteiger charge is -2.28. The highest BCUT2D eigenvalue weighted by molar-refractivity contribution is 7.91. The number of hydrogen-bond acceptors (Lipinski definition) is 3. The van der Waals surface area contributed by atoms with Crippen LogP contribution in [0.5, 0.6) is 0 Å². The standard InChI is InChI=1S/C15H22FNO2S/c1-3-11(4-2)10-17-14-7-8-20(18,19)15-6-5-12(16)9-13(14)15/h5-6,9,11,14,17H,3-4,7-8,10H2,1-2H3. The normalized spacial score (nSPS) is 20.9. The molecule has 1 N–H and O–H groups in total. The van der Waals surface area contributed by atoms with Gasteiger partial charge in [0.1, 0.15) is 5.82 Å². The zero-order valence-corrected chi connectivity index (χ0v) is 12.8. The van der Waals surface area contributed by atoms with Crippen LogP contribution < -0.4 is 5.32 Å². The lowest BCUT2D eigenvalue weighted by Crippen LogP contribution is -2.32. The highest BCUT2D eigenvalue weighted by Crippen LogP contribution is 2.32. The minimum Gasteiger partial charge on any atom is -0.310 e. The van der Waals surface area contributed by atoms with Gasteiger partial charge in [-0.1, -0.05) is 26.7 Å². The molecule has 20 heavy (non-hydrogen) atoms. The Morgan fingerprint density at radius 3 is 2.70 bits per heavy atom. The van der Waals surface area contributed by atoms with Crippen molar-refractivity contribution in [2.24, 2.45) is 5.92 Å². The molecule has 3 nitrogen and oxygen atoms in total. The quantitative estimate of drug-likeness (QED) is 0.850. The summed E-state index contributed by atoms with van der Waals surface area (Å²) in [6.45, 7) is 5.14.